The molecule has 0 fully saturated rings. The zero-order valence-electron chi connectivity index (χ0n) is 26.4. The summed E-state index contributed by atoms with van der Waals surface area (Å²) in [6, 6.07) is 55.2. The molecule has 0 atom stereocenters. The van der Waals surface area contributed by atoms with E-state index in [1.54, 1.807) is 0 Å². The summed E-state index contributed by atoms with van der Waals surface area (Å²) in [4.78, 5) is 6.98. The lowest BCUT2D eigenvalue weighted by molar-refractivity contribution is 0.670. The number of hydrogen-bond donors (Lipinski definition) is 0. The van der Waals surface area contributed by atoms with Crippen LogP contribution in [0.5, 0.6) is 0 Å². The van der Waals surface area contributed by atoms with Crippen LogP contribution in [-0.4, -0.2) is 4.98 Å². The van der Waals surface area contributed by atoms with E-state index in [0.717, 1.165) is 88.4 Å². The van der Waals surface area contributed by atoms with E-state index < -0.39 is 0 Å². The van der Waals surface area contributed by atoms with Gasteiger partial charge in [-0.1, -0.05) is 121 Å². The lowest BCUT2D eigenvalue weighted by Gasteiger charge is -2.26. The molecule has 0 N–H and O–H groups in total. The van der Waals surface area contributed by atoms with Crippen LogP contribution >= 0.6 is 0 Å². The van der Waals surface area contributed by atoms with Gasteiger partial charge in [-0.15, -0.1) is 0 Å². The molecule has 49 heavy (non-hydrogen) atoms. The third kappa shape index (κ3) is 4.42. The van der Waals surface area contributed by atoms with Gasteiger partial charge in [-0.3, -0.25) is 4.98 Å². The molecule has 0 spiro atoms. The molecule has 0 unspecified atom stereocenters. The Morgan fingerprint density at radius 2 is 1.06 bits per heavy atom. The van der Waals surface area contributed by atoms with Gasteiger partial charge in [-0.25, -0.2) is 0 Å². The number of rotatable bonds is 5. The fourth-order valence-corrected chi connectivity index (χ4v) is 7.23. The smallest absolute Gasteiger partial charge is 0.155 e. The summed E-state index contributed by atoms with van der Waals surface area (Å²) in [5.74, 6) is 0. The van der Waals surface area contributed by atoms with E-state index in [-0.39, 0.29) is 0 Å². The SMILES string of the molecule is c1ccc(-c2ccc(N(c3ccc(-c4cccc5c4oc4ccccc45)cc3)c3cncc4oc5c6ccccc6ccc5c34)cc2)cc1. The van der Waals surface area contributed by atoms with Gasteiger partial charge in [0, 0.05) is 38.5 Å². The highest BCUT2D eigenvalue weighted by atomic mass is 16.3. The molecule has 3 heterocycles. The molecule has 0 radical (unpaired) electrons. The molecule has 3 aromatic heterocycles. The van der Waals surface area contributed by atoms with Gasteiger partial charge in [0.15, 0.2) is 5.58 Å². The van der Waals surface area contributed by atoms with E-state index in [9.17, 15) is 0 Å². The maximum atomic E-state index is 6.55. The minimum atomic E-state index is 0.753. The number of para-hydroxylation sites is 2. The normalized spacial score (nSPS) is 11.7. The maximum absolute atomic E-state index is 6.55. The summed E-state index contributed by atoms with van der Waals surface area (Å²) in [5, 5.41) is 6.57. The molecule has 0 aliphatic rings. The van der Waals surface area contributed by atoms with Gasteiger partial charge in [0.25, 0.3) is 0 Å². The van der Waals surface area contributed by atoms with E-state index >= 15 is 0 Å². The van der Waals surface area contributed by atoms with Crippen molar-refractivity contribution in [3.8, 4) is 22.3 Å². The van der Waals surface area contributed by atoms with Crippen LogP contribution in [-0.2, 0) is 0 Å². The van der Waals surface area contributed by atoms with Crippen molar-refractivity contribution >= 4 is 71.7 Å². The van der Waals surface area contributed by atoms with Crippen LogP contribution in [0.15, 0.2) is 179 Å². The minimum absolute atomic E-state index is 0.753. The Hall–Kier alpha value is -6.65. The number of aromatic nitrogens is 1. The first-order valence-electron chi connectivity index (χ1n) is 16.4. The van der Waals surface area contributed by atoms with Crippen LogP contribution < -0.4 is 4.90 Å². The Bertz CT molecular complexity index is 2810. The molecule has 0 aliphatic heterocycles. The van der Waals surface area contributed by atoms with Crippen LogP contribution in [0.1, 0.15) is 0 Å². The van der Waals surface area contributed by atoms with Gasteiger partial charge in [0.05, 0.1) is 23.5 Å². The second-order valence-corrected chi connectivity index (χ2v) is 12.4. The highest BCUT2D eigenvalue weighted by molar-refractivity contribution is 6.19. The Kier molecular flexibility index (Phi) is 6.15. The Morgan fingerprint density at radius 3 is 1.88 bits per heavy atom. The number of benzene rings is 7. The van der Waals surface area contributed by atoms with Crippen molar-refractivity contribution in [2.75, 3.05) is 4.90 Å². The molecule has 4 heteroatoms. The van der Waals surface area contributed by atoms with Gasteiger partial charge in [-0.2, -0.15) is 0 Å². The van der Waals surface area contributed by atoms with Crippen LogP contribution in [0.4, 0.5) is 17.1 Å². The van der Waals surface area contributed by atoms with Crippen molar-refractivity contribution in [3.63, 3.8) is 0 Å². The molecular formula is C45H28N2O2. The lowest BCUT2D eigenvalue weighted by Crippen LogP contribution is -2.10. The molecule has 0 saturated carbocycles. The zero-order valence-corrected chi connectivity index (χ0v) is 26.4. The minimum Gasteiger partial charge on any atom is -0.455 e. The summed E-state index contributed by atoms with van der Waals surface area (Å²) in [5.41, 5.74) is 10.9. The quantitative estimate of drug-likeness (QED) is 0.190. The summed E-state index contributed by atoms with van der Waals surface area (Å²) in [6.45, 7) is 0. The third-order valence-electron chi connectivity index (χ3n) is 9.57. The van der Waals surface area contributed by atoms with E-state index in [4.69, 9.17) is 13.8 Å². The topological polar surface area (TPSA) is 42.4 Å². The van der Waals surface area contributed by atoms with Crippen molar-refractivity contribution in [1.82, 2.24) is 4.98 Å². The zero-order chi connectivity index (χ0) is 32.3. The number of pyridine rings is 1. The first kappa shape index (κ1) is 27.5. The Labute approximate surface area is 282 Å². The average Bonchev–Trinajstić information content (AvgIpc) is 3.75. The molecule has 7 aromatic carbocycles. The third-order valence-corrected chi connectivity index (χ3v) is 9.57. The molecule has 0 saturated heterocycles. The van der Waals surface area contributed by atoms with Crippen molar-refractivity contribution < 1.29 is 8.83 Å². The highest BCUT2D eigenvalue weighted by Gasteiger charge is 2.21. The second kappa shape index (κ2) is 11.0. The van der Waals surface area contributed by atoms with E-state index in [1.165, 1.54) is 5.56 Å². The maximum Gasteiger partial charge on any atom is 0.155 e. The molecule has 4 nitrogen and oxygen atoms in total. The monoisotopic (exact) mass is 628 g/mol. The van der Waals surface area contributed by atoms with Crippen LogP contribution in [0.25, 0.3) is 76.9 Å². The fraction of sp³-hybridized carbons (Fsp3) is 0. The number of furan rings is 2. The molecule has 10 aromatic rings. The lowest BCUT2D eigenvalue weighted by atomic mass is 10.0. The van der Waals surface area contributed by atoms with Crippen molar-refractivity contribution in [1.29, 1.82) is 0 Å². The molecule has 230 valence electrons. The van der Waals surface area contributed by atoms with Crippen LogP contribution in [0.2, 0.25) is 0 Å². The van der Waals surface area contributed by atoms with E-state index in [0.29, 0.717) is 0 Å². The van der Waals surface area contributed by atoms with Crippen LogP contribution in [0, 0.1) is 0 Å². The highest BCUT2D eigenvalue weighted by Crippen LogP contribution is 2.45. The summed E-state index contributed by atoms with van der Waals surface area (Å²) < 4.78 is 12.9. The van der Waals surface area contributed by atoms with Gasteiger partial charge in [0.1, 0.15) is 16.7 Å². The number of anilines is 3. The molecule has 0 bridgehead atoms. The van der Waals surface area contributed by atoms with E-state index in [1.807, 2.05) is 30.6 Å². The summed E-state index contributed by atoms with van der Waals surface area (Å²) in [6.07, 6.45) is 3.77. The average molecular weight is 629 g/mol. The predicted molar refractivity (Wildman–Crippen MR) is 202 cm³/mol. The number of fused-ring (bicyclic) bond motifs is 8. The van der Waals surface area contributed by atoms with Crippen LogP contribution in [0.3, 0.4) is 0 Å². The summed E-state index contributed by atoms with van der Waals surface area (Å²) >= 11 is 0. The molecular weight excluding hydrogens is 601 g/mol. The van der Waals surface area contributed by atoms with Crippen molar-refractivity contribution in [3.05, 3.63) is 170 Å². The van der Waals surface area contributed by atoms with Gasteiger partial charge >= 0.3 is 0 Å². The van der Waals surface area contributed by atoms with Gasteiger partial charge < -0.3 is 13.7 Å². The molecule has 10 rings (SSSR count). The number of hydrogen-bond acceptors (Lipinski definition) is 4. The van der Waals surface area contributed by atoms with E-state index in [2.05, 4.69) is 144 Å². The fourth-order valence-electron chi connectivity index (χ4n) is 7.23. The Morgan fingerprint density at radius 1 is 0.408 bits per heavy atom. The standard InChI is InChI=1S/C45H28N2O2/c1-2-9-29(10-3-1)30-17-22-33(23-18-30)47(40-27-46-28-42-43(40)39-26-21-31-11-4-5-12-35(31)45(39)49-42)34-24-19-32(20-25-34)36-14-8-15-38-37-13-6-7-16-41(37)48-44(36)38/h1-28H. The summed E-state index contributed by atoms with van der Waals surface area (Å²) in [7, 11) is 0. The van der Waals surface area contributed by atoms with Gasteiger partial charge in [0.2, 0.25) is 0 Å². The molecule has 0 amide bonds. The molecule has 0 aliphatic carbocycles. The van der Waals surface area contributed by atoms with Crippen molar-refractivity contribution in [2.24, 2.45) is 0 Å². The number of nitrogens with zero attached hydrogens (tertiary/aromatic N) is 2. The largest absolute Gasteiger partial charge is 0.455 e. The van der Waals surface area contributed by atoms with Gasteiger partial charge in [-0.05, 0) is 58.5 Å². The first-order valence-corrected chi connectivity index (χ1v) is 16.4. The second-order valence-electron chi connectivity index (χ2n) is 12.4. The first-order chi connectivity index (χ1) is 24.3. The predicted octanol–water partition coefficient (Wildman–Crippen LogP) is 12.8. The Balaban J connectivity index is 1.15. The van der Waals surface area contributed by atoms with Crippen molar-refractivity contribution in [2.45, 2.75) is 0 Å².